The molecule has 0 saturated heterocycles. The summed E-state index contributed by atoms with van der Waals surface area (Å²) in [5.41, 5.74) is 6.85. The summed E-state index contributed by atoms with van der Waals surface area (Å²) < 4.78 is 0. The SMILES string of the molecule is C=C1CC/C=C(\C)CCC2=C(C)CC[C@@H](CC1)C2(C)C. The van der Waals surface area contributed by atoms with E-state index in [0.29, 0.717) is 5.41 Å². The van der Waals surface area contributed by atoms with Crippen LogP contribution in [0.15, 0.2) is 34.9 Å². The molecule has 1 atom stereocenters. The standard InChI is InChI=1S/C20H32/c1-15-7-6-8-16(2)10-14-19-17(3)11-13-18(12-9-15)20(19,4)5/h8,18H,1,6-7,9-14H2,2-5H3/b16-8+/t18-/m1/s1. The predicted octanol–water partition coefficient (Wildman–Crippen LogP) is 6.60. The molecule has 0 radical (unpaired) electrons. The number of hydrogen-bond acceptors (Lipinski definition) is 0. The minimum Gasteiger partial charge on any atom is -0.0999 e. The zero-order valence-electron chi connectivity index (χ0n) is 14.0. The summed E-state index contributed by atoms with van der Waals surface area (Å²) in [5, 5.41) is 0. The van der Waals surface area contributed by atoms with Crippen molar-refractivity contribution < 1.29 is 0 Å². The number of rotatable bonds is 0. The Hall–Kier alpha value is -0.780. The Bertz CT molecular complexity index is 431. The van der Waals surface area contributed by atoms with Gasteiger partial charge in [-0.15, -0.1) is 0 Å². The van der Waals surface area contributed by atoms with Crippen molar-refractivity contribution in [2.24, 2.45) is 11.3 Å². The number of hydrogen-bond donors (Lipinski definition) is 0. The van der Waals surface area contributed by atoms with E-state index in [0.717, 1.165) is 5.92 Å². The van der Waals surface area contributed by atoms with Crippen LogP contribution in [0.25, 0.3) is 0 Å². The summed E-state index contributed by atoms with van der Waals surface area (Å²) in [6.45, 7) is 13.9. The number of allylic oxidation sites excluding steroid dienone is 5. The molecule has 2 aliphatic rings. The van der Waals surface area contributed by atoms with E-state index in [9.17, 15) is 0 Å². The summed E-state index contributed by atoms with van der Waals surface area (Å²) >= 11 is 0. The molecular formula is C20H32. The van der Waals surface area contributed by atoms with E-state index in [1.165, 1.54) is 56.9 Å². The molecule has 0 aliphatic heterocycles. The maximum absolute atomic E-state index is 4.29. The molecule has 0 aromatic heterocycles. The van der Waals surface area contributed by atoms with Gasteiger partial charge in [0.1, 0.15) is 0 Å². The number of fused-ring (bicyclic) bond motifs is 2. The van der Waals surface area contributed by atoms with Crippen molar-refractivity contribution in [3.63, 3.8) is 0 Å². The van der Waals surface area contributed by atoms with Gasteiger partial charge in [0.25, 0.3) is 0 Å². The molecule has 2 aliphatic carbocycles. The summed E-state index contributed by atoms with van der Waals surface area (Å²) in [4.78, 5) is 0. The van der Waals surface area contributed by atoms with Gasteiger partial charge in [-0.3, -0.25) is 0 Å². The lowest BCUT2D eigenvalue weighted by atomic mass is 9.62. The smallest absolute Gasteiger partial charge is 0.0114 e. The fourth-order valence-electron chi connectivity index (χ4n) is 4.19. The second-order valence-electron chi connectivity index (χ2n) is 7.59. The Morgan fingerprint density at radius 1 is 1.00 bits per heavy atom. The van der Waals surface area contributed by atoms with Gasteiger partial charge >= 0.3 is 0 Å². The van der Waals surface area contributed by atoms with Crippen molar-refractivity contribution in [1.82, 2.24) is 0 Å². The minimum atomic E-state index is 0.391. The van der Waals surface area contributed by atoms with Gasteiger partial charge in [0.2, 0.25) is 0 Å². The van der Waals surface area contributed by atoms with Crippen LogP contribution in [0, 0.1) is 11.3 Å². The van der Waals surface area contributed by atoms with Gasteiger partial charge in [-0.1, -0.05) is 48.8 Å². The molecule has 0 fully saturated rings. The molecule has 0 aromatic rings. The summed E-state index contributed by atoms with van der Waals surface area (Å²) in [5.74, 6) is 0.849. The first-order valence-electron chi connectivity index (χ1n) is 8.42. The highest BCUT2D eigenvalue weighted by molar-refractivity contribution is 5.25. The Morgan fingerprint density at radius 2 is 1.70 bits per heavy atom. The molecule has 0 amide bonds. The molecular weight excluding hydrogens is 240 g/mol. The van der Waals surface area contributed by atoms with Crippen molar-refractivity contribution in [3.05, 3.63) is 34.9 Å². The van der Waals surface area contributed by atoms with Crippen LogP contribution in [-0.4, -0.2) is 0 Å². The van der Waals surface area contributed by atoms with E-state index in [-0.39, 0.29) is 0 Å². The van der Waals surface area contributed by atoms with Crippen molar-refractivity contribution in [1.29, 1.82) is 0 Å². The molecule has 0 nitrogen and oxygen atoms in total. The largest absolute Gasteiger partial charge is 0.0999 e. The third kappa shape index (κ3) is 3.45. The van der Waals surface area contributed by atoms with Crippen LogP contribution in [0.3, 0.4) is 0 Å². The van der Waals surface area contributed by atoms with E-state index in [2.05, 4.69) is 40.3 Å². The maximum atomic E-state index is 4.29. The third-order valence-electron chi connectivity index (χ3n) is 5.79. The predicted molar refractivity (Wildman–Crippen MR) is 89.8 cm³/mol. The average molecular weight is 272 g/mol. The summed E-state index contributed by atoms with van der Waals surface area (Å²) in [6.07, 6.45) is 12.6. The lowest BCUT2D eigenvalue weighted by molar-refractivity contribution is 0.208. The highest BCUT2D eigenvalue weighted by Crippen LogP contribution is 2.49. The highest BCUT2D eigenvalue weighted by Gasteiger charge is 2.36. The molecule has 20 heavy (non-hydrogen) atoms. The van der Waals surface area contributed by atoms with E-state index >= 15 is 0 Å². The van der Waals surface area contributed by atoms with Crippen molar-refractivity contribution in [3.8, 4) is 0 Å². The Kier molecular flexibility index (Phi) is 4.94. The van der Waals surface area contributed by atoms with Gasteiger partial charge in [-0.2, -0.15) is 0 Å². The van der Waals surface area contributed by atoms with Gasteiger partial charge < -0.3 is 0 Å². The Balaban J connectivity index is 2.27. The van der Waals surface area contributed by atoms with E-state index in [4.69, 9.17) is 0 Å². The van der Waals surface area contributed by atoms with Crippen molar-refractivity contribution >= 4 is 0 Å². The Labute approximate surface area is 126 Å². The van der Waals surface area contributed by atoms with Crippen LogP contribution in [-0.2, 0) is 0 Å². The monoisotopic (exact) mass is 272 g/mol. The van der Waals surface area contributed by atoms with Gasteiger partial charge in [-0.05, 0) is 76.5 Å². The summed E-state index contributed by atoms with van der Waals surface area (Å²) in [6, 6.07) is 0. The molecule has 0 saturated carbocycles. The molecule has 2 bridgehead atoms. The Morgan fingerprint density at radius 3 is 2.45 bits per heavy atom. The molecule has 0 heterocycles. The van der Waals surface area contributed by atoms with Crippen molar-refractivity contribution in [2.45, 2.75) is 79.1 Å². The second kappa shape index (κ2) is 6.33. The van der Waals surface area contributed by atoms with Crippen LogP contribution in [0.5, 0.6) is 0 Å². The van der Waals surface area contributed by atoms with Crippen molar-refractivity contribution in [2.75, 3.05) is 0 Å². The molecule has 2 rings (SSSR count). The minimum absolute atomic E-state index is 0.391. The molecule has 0 N–H and O–H groups in total. The molecule has 112 valence electrons. The maximum Gasteiger partial charge on any atom is -0.0114 e. The molecule has 0 heteroatoms. The molecule has 0 spiro atoms. The van der Waals surface area contributed by atoms with Crippen LogP contribution in [0.2, 0.25) is 0 Å². The summed E-state index contributed by atoms with van der Waals surface area (Å²) in [7, 11) is 0. The van der Waals surface area contributed by atoms with Gasteiger partial charge in [-0.25, -0.2) is 0 Å². The highest BCUT2D eigenvalue weighted by atomic mass is 14.4. The second-order valence-corrected chi connectivity index (χ2v) is 7.59. The third-order valence-corrected chi connectivity index (χ3v) is 5.79. The first kappa shape index (κ1) is 15.6. The first-order chi connectivity index (χ1) is 9.41. The van der Waals surface area contributed by atoms with E-state index < -0.39 is 0 Å². The lowest BCUT2D eigenvalue weighted by Gasteiger charge is -2.43. The first-order valence-corrected chi connectivity index (χ1v) is 8.42. The van der Waals surface area contributed by atoms with Crippen LogP contribution < -0.4 is 0 Å². The lowest BCUT2D eigenvalue weighted by Crippen LogP contribution is -2.31. The zero-order chi connectivity index (χ0) is 14.8. The fourth-order valence-corrected chi connectivity index (χ4v) is 4.19. The average Bonchev–Trinajstić information content (AvgIpc) is 2.36. The van der Waals surface area contributed by atoms with E-state index in [1.54, 1.807) is 16.7 Å². The van der Waals surface area contributed by atoms with E-state index in [1.807, 2.05) is 0 Å². The van der Waals surface area contributed by atoms with Crippen LogP contribution >= 0.6 is 0 Å². The zero-order valence-corrected chi connectivity index (χ0v) is 14.0. The van der Waals surface area contributed by atoms with Crippen LogP contribution in [0.1, 0.15) is 79.1 Å². The van der Waals surface area contributed by atoms with Gasteiger partial charge in [0, 0.05) is 0 Å². The molecule has 0 unspecified atom stereocenters. The molecule has 0 aromatic carbocycles. The van der Waals surface area contributed by atoms with Gasteiger partial charge in [0.15, 0.2) is 0 Å². The quantitative estimate of drug-likeness (QED) is 0.436. The fraction of sp³-hybridized carbons (Fsp3) is 0.700. The topological polar surface area (TPSA) is 0 Å². The van der Waals surface area contributed by atoms with Gasteiger partial charge in [0.05, 0.1) is 0 Å². The normalized spacial score (nSPS) is 31.1. The van der Waals surface area contributed by atoms with Crippen LogP contribution in [0.4, 0.5) is 0 Å².